The van der Waals surface area contributed by atoms with Crippen LogP contribution < -0.4 is 4.74 Å². The first-order chi connectivity index (χ1) is 11.2. The largest absolute Gasteiger partial charge is 0.508 e. The highest BCUT2D eigenvalue weighted by molar-refractivity contribution is 5.97. The predicted molar refractivity (Wildman–Crippen MR) is 83.7 cm³/mol. The van der Waals surface area contributed by atoms with Gasteiger partial charge in [0.15, 0.2) is 0 Å². The molecule has 3 N–H and O–H groups in total. The van der Waals surface area contributed by atoms with Crippen LogP contribution in [0.15, 0.2) is 24.3 Å². The van der Waals surface area contributed by atoms with Crippen molar-refractivity contribution in [2.24, 2.45) is 0 Å². The highest BCUT2D eigenvalue weighted by Crippen LogP contribution is 2.31. The van der Waals surface area contributed by atoms with Gasteiger partial charge in [-0.25, -0.2) is 9.59 Å². The van der Waals surface area contributed by atoms with Gasteiger partial charge < -0.3 is 24.8 Å². The number of phenols is 3. The number of carbonyl (C=O) groups excluding carboxylic acids is 2. The summed E-state index contributed by atoms with van der Waals surface area (Å²) in [6, 6.07) is 4.81. The topological polar surface area (TPSA) is 113 Å². The Balaban J connectivity index is 2.36. The lowest BCUT2D eigenvalue weighted by molar-refractivity contribution is 0.0596. The van der Waals surface area contributed by atoms with Crippen molar-refractivity contribution in [2.45, 2.75) is 13.8 Å². The Labute approximate surface area is 137 Å². The molecule has 0 aliphatic rings. The SMILES string of the molecule is COC(=O)c1c(C)cc(OC(=O)c2c(C)cc(O)cc2O)cc1O. The van der Waals surface area contributed by atoms with E-state index in [0.717, 1.165) is 12.1 Å². The highest BCUT2D eigenvalue weighted by Gasteiger charge is 2.21. The summed E-state index contributed by atoms with van der Waals surface area (Å²) in [6.45, 7) is 3.08. The molecule has 7 heteroatoms. The number of benzene rings is 2. The summed E-state index contributed by atoms with van der Waals surface area (Å²) in [5.74, 6) is -2.59. The number of aromatic hydroxyl groups is 3. The van der Waals surface area contributed by atoms with Crippen LogP contribution in [0.4, 0.5) is 0 Å². The summed E-state index contributed by atoms with van der Waals surface area (Å²) in [6.07, 6.45) is 0. The van der Waals surface area contributed by atoms with Crippen LogP contribution in [0.3, 0.4) is 0 Å². The lowest BCUT2D eigenvalue weighted by atomic mass is 10.1. The van der Waals surface area contributed by atoms with Crippen LogP contribution in [0.5, 0.6) is 23.0 Å². The minimum absolute atomic E-state index is 0.00507. The van der Waals surface area contributed by atoms with E-state index in [1.54, 1.807) is 6.92 Å². The molecule has 0 amide bonds. The molecule has 24 heavy (non-hydrogen) atoms. The molecule has 0 aliphatic carbocycles. The fraction of sp³-hybridized carbons (Fsp3) is 0.176. The zero-order chi connectivity index (χ0) is 18.0. The fourth-order valence-electron chi connectivity index (χ4n) is 2.34. The Hall–Kier alpha value is -3.22. The lowest BCUT2D eigenvalue weighted by Crippen LogP contribution is -2.11. The maximum Gasteiger partial charge on any atom is 0.347 e. The van der Waals surface area contributed by atoms with E-state index in [2.05, 4.69) is 4.74 Å². The van der Waals surface area contributed by atoms with Crippen molar-refractivity contribution in [3.63, 3.8) is 0 Å². The molecule has 0 spiro atoms. The van der Waals surface area contributed by atoms with Crippen LogP contribution in [0, 0.1) is 13.8 Å². The molecule has 2 aromatic rings. The Morgan fingerprint density at radius 3 is 1.92 bits per heavy atom. The Morgan fingerprint density at radius 1 is 0.833 bits per heavy atom. The van der Waals surface area contributed by atoms with E-state index in [9.17, 15) is 24.9 Å². The minimum Gasteiger partial charge on any atom is -0.508 e. The van der Waals surface area contributed by atoms with Gasteiger partial charge in [-0.3, -0.25) is 0 Å². The van der Waals surface area contributed by atoms with E-state index < -0.39 is 23.4 Å². The summed E-state index contributed by atoms with van der Waals surface area (Å²) in [7, 11) is 1.19. The second-order valence-corrected chi connectivity index (χ2v) is 5.17. The second-order valence-electron chi connectivity index (χ2n) is 5.17. The smallest absolute Gasteiger partial charge is 0.347 e. The third kappa shape index (κ3) is 3.24. The molecule has 0 heterocycles. The Kier molecular flexibility index (Phi) is 4.64. The number of esters is 2. The molecule has 7 nitrogen and oxygen atoms in total. The average Bonchev–Trinajstić information content (AvgIpc) is 2.44. The van der Waals surface area contributed by atoms with Gasteiger partial charge in [-0.1, -0.05) is 0 Å². The first-order valence-electron chi connectivity index (χ1n) is 6.91. The first-order valence-corrected chi connectivity index (χ1v) is 6.91. The van der Waals surface area contributed by atoms with Crippen molar-refractivity contribution >= 4 is 11.9 Å². The molecule has 0 saturated carbocycles. The van der Waals surface area contributed by atoms with Gasteiger partial charge in [-0.2, -0.15) is 0 Å². The van der Waals surface area contributed by atoms with Gasteiger partial charge in [0.05, 0.1) is 7.11 Å². The van der Waals surface area contributed by atoms with Crippen molar-refractivity contribution < 1.29 is 34.4 Å². The Morgan fingerprint density at radius 2 is 1.38 bits per heavy atom. The van der Waals surface area contributed by atoms with E-state index in [0.29, 0.717) is 11.1 Å². The van der Waals surface area contributed by atoms with Crippen molar-refractivity contribution in [3.05, 3.63) is 46.5 Å². The number of ether oxygens (including phenoxy) is 2. The number of hydrogen-bond acceptors (Lipinski definition) is 7. The van der Waals surface area contributed by atoms with Crippen LogP contribution in [-0.2, 0) is 4.74 Å². The zero-order valence-electron chi connectivity index (χ0n) is 13.3. The van der Waals surface area contributed by atoms with Crippen LogP contribution in [-0.4, -0.2) is 34.4 Å². The number of rotatable bonds is 3. The number of aryl methyl sites for hydroxylation is 2. The van der Waals surface area contributed by atoms with Crippen LogP contribution in [0.25, 0.3) is 0 Å². The van der Waals surface area contributed by atoms with E-state index in [1.165, 1.54) is 26.2 Å². The molecule has 2 aromatic carbocycles. The number of hydrogen-bond donors (Lipinski definition) is 3. The maximum atomic E-state index is 12.2. The van der Waals surface area contributed by atoms with Crippen LogP contribution in [0.2, 0.25) is 0 Å². The van der Waals surface area contributed by atoms with E-state index in [-0.39, 0.29) is 22.6 Å². The molecule has 0 aromatic heterocycles. The zero-order valence-corrected chi connectivity index (χ0v) is 13.3. The Bertz CT molecular complexity index is 778. The van der Waals surface area contributed by atoms with Gasteiger partial charge in [0, 0.05) is 12.1 Å². The van der Waals surface area contributed by atoms with Crippen molar-refractivity contribution in [3.8, 4) is 23.0 Å². The normalized spacial score (nSPS) is 10.3. The predicted octanol–water partition coefficient (Wildman–Crippen LogP) is 2.43. The summed E-state index contributed by atoms with van der Waals surface area (Å²) < 4.78 is 9.71. The number of phenolic OH excluding ortho intramolecular Hbond substituents is 3. The molecule has 0 saturated heterocycles. The van der Waals surface area contributed by atoms with Gasteiger partial charge in [0.2, 0.25) is 0 Å². The molecule has 126 valence electrons. The van der Waals surface area contributed by atoms with Gasteiger partial charge in [-0.05, 0) is 37.1 Å². The van der Waals surface area contributed by atoms with Crippen molar-refractivity contribution in [1.29, 1.82) is 0 Å². The van der Waals surface area contributed by atoms with Crippen molar-refractivity contribution in [2.75, 3.05) is 7.11 Å². The molecule has 0 atom stereocenters. The summed E-state index contributed by atoms with van der Waals surface area (Å²) in [5.41, 5.74) is 0.545. The standard InChI is InChI=1S/C17H16O7/c1-8-4-10(18)6-12(19)15(8)17(22)24-11-5-9(2)14(13(20)7-11)16(21)23-3/h4-7,18-20H,1-3H3. The van der Waals surface area contributed by atoms with E-state index >= 15 is 0 Å². The molecule has 0 unspecified atom stereocenters. The van der Waals surface area contributed by atoms with E-state index in [1.807, 2.05) is 0 Å². The maximum absolute atomic E-state index is 12.2. The molecule has 0 radical (unpaired) electrons. The summed E-state index contributed by atoms with van der Waals surface area (Å²) in [5, 5.41) is 29.1. The summed E-state index contributed by atoms with van der Waals surface area (Å²) in [4.78, 5) is 23.8. The van der Waals surface area contributed by atoms with Gasteiger partial charge >= 0.3 is 11.9 Å². The first kappa shape index (κ1) is 17.1. The number of methoxy groups -OCH3 is 1. The number of carbonyl (C=O) groups is 2. The molecule has 2 rings (SSSR count). The van der Waals surface area contributed by atoms with Gasteiger partial charge in [-0.15, -0.1) is 0 Å². The van der Waals surface area contributed by atoms with Gasteiger partial charge in [0.1, 0.15) is 34.1 Å². The fourth-order valence-corrected chi connectivity index (χ4v) is 2.34. The third-order valence-corrected chi connectivity index (χ3v) is 3.39. The highest BCUT2D eigenvalue weighted by atomic mass is 16.5. The minimum atomic E-state index is -0.866. The van der Waals surface area contributed by atoms with Crippen LogP contribution in [0.1, 0.15) is 31.8 Å². The van der Waals surface area contributed by atoms with E-state index in [4.69, 9.17) is 4.74 Å². The molecular formula is C17H16O7. The van der Waals surface area contributed by atoms with Crippen LogP contribution >= 0.6 is 0 Å². The summed E-state index contributed by atoms with van der Waals surface area (Å²) >= 11 is 0. The molecule has 0 aliphatic heterocycles. The van der Waals surface area contributed by atoms with Crippen molar-refractivity contribution in [1.82, 2.24) is 0 Å². The molecule has 0 fully saturated rings. The third-order valence-electron chi connectivity index (χ3n) is 3.39. The molecular weight excluding hydrogens is 316 g/mol. The van der Waals surface area contributed by atoms with Gasteiger partial charge in [0.25, 0.3) is 0 Å². The monoisotopic (exact) mass is 332 g/mol. The lowest BCUT2D eigenvalue weighted by Gasteiger charge is -2.12. The molecule has 0 bridgehead atoms. The quantitative estimate of drug-likeness (QED) is 0.584. The second kappa shape index (κ2) is 6.49. The average molecular weight is 332 g/mol.